The summed E-state index contributed by atoms with van der Waals surface area (Å²) in [5.74, 6) is 3.04. The van der Waals surface area contributed by atoms with Crippen LogP contribution in [0.4, 0.5) is 0 Å². The third kappa shape index (κ3) is 5.40. The fraction of sp³-hybridized carbons (Fsp3) is 0.647. The van der Waals surface area contributed by atoms with Gasteiger partial charge in [-0.25, -0.2) is 0 Å². The summed E-state index contributed by atoms with van der Waals surface area (Å²) >= 11 is 6.17. The zero-order chi connectivity index (χ0) is 15.2. The minimum absolute atomic E-state index is 0.616. The third-order valence-corrected chi connectivity index (χ3v) is 3.87. The summed E-state index contributed by atoms with van der Waals surface area (Å²) in [7, 11) is 1.66. The lowest BCUT2D eigenvalue weighted by molar-refractivity contribution is 0.279. The van der Waals surface area contributed by atoms with Crippen molar-refractivity contribution in [3.05, 3.63) is 22.7 Å². The molecule has 0 aliphatic heterocycles. The second-order valence-corrected chi connectivity index (χ2v) is 6.64. The number of hydrogen-bond acceptors (Lipinski definition) is 3. The van der Waals surface area contributed by atoms with E-state index in [1.807, 2.05) is 12.1 Å². The fourth-order valence-electron chi connectivity index (χ4n) is 2.30. The molecule has 0 radical (unpaired) electrons. The van der Waals surface area contributed by atoms with E-state index in [1.165, 1.54) is 12.8 Å². The Labute approximate surface area is 133 Å². The van der Waals surface area contributed by atoms with Crippen molar-refractivity contribution in [2.75, 3.05) is 20.3 Å². The Morgan fingerprint density at radius 2 is 2.10 bits per heavy atom. The van der Waals surface area contributed by atoms with Crippen LogP contribution in [0.2, 0.25) is 5.02 Å². The number of benzene rings is 1. The number of halogens is 1. The van der Waals surface area contributed by atoms with E-state index in [0.717, 1.165) is 49.1 Å². The van der Waals surface area contributed by atoms with Crippen LogP contribution in [0.3, 0.4) is 0 Å². The van der Waals surface area contributed by atoms with Crippen LogP contribution in [0.15, 0.2) is 12.1 Å². The van der Waals surface area contributed by atoms with Crippen LogP contribution in [0.25, 0.3) is 0 Å². The lowest BCUT2D eigenvalue weighted by atomic mass is 10.1. The summed E-state index contributed by atoms with van der Waals surface area (Å²) in [6, 6.07) is 3.78. The fourth-order valence-corrected chi connectivity index (χ4v) is 2.53. The van der Waals surface area contributed by atoms with Crippen LogP contribution >= 0.6 is 11.6 Å². The Kier molecular flexibility index (Phi) is 6.19. The Morgan fingerprint density at radius 1 is 1.33 bits per heavy atom. The average molecular weight is 312 g/mol. The van der Waals surface area contributed by atoms with E-state index in [9.17, 15) is 0 Å². The molecule has 0 aromatic heterocycles. The minimum atomic E-state index is 0.616. The van der Waals surface area contributed by atoms with Crippen molar-refractivity contribution in [1.82, 2.24) is 5.32 Å². The van der Waals surface area contributed by atoms with E-state index in [-0.39, 0.29) is 0 Å². The molecule has 0 bridgehead atoms. The lowest BCUT2D eigenvalue weighted by Crippen LogP contribution is -2.19. The Morgan fingerprint density at radius 3 is 2.71 bits per heavy atom. The molecular formula is C17H26ClNO2. The van der Waals surface area contributed by atoms with Crippen LogP contribution in [0, 0.1) is 11.8 Å². The monoisotopic (exact) mass is 311 g/mol. The molecule has 0 heterocycles. The summed E-state index contributed by atoms with van der Waals surface area (Å²) in [6.07, 6.45) is 3.83. The standard InChI is InChI=1S/C17H26ClNO2/c1-12(2)10-19-11-14-8-15(18)9-16(20-3)17(14)21-7-6-13-4-5-13/h8-9,12-13,19H,4-7,10-11H2,1-3H3. The molecular weight excluding hydrogens is 286 g/mol. The van der Waals surface area contributed by atoms with Gasteiger partial charge in [0.05, 0.1) is 13.7 Å². The average Bonchev–Trinajstić information content (AvgIpc) is 3.24. The summed E-state index contributed by atoms with van der Waals surface area (Å²) in [4.78, 5) is 0. The van der Waals surface area contributed by atoms with Crippen molar-refractivity contribution in [3.8, 4) is 11.5 Å². The maximum atomic E-state index is 6.17. The molecule has 1 aromatic rings. The molecule has 1 fully saturated rings. The molecule has 21 heavy (non-hydrogen) atoms. The van der Waals surface area contributed by atoms with Gasteiger partial charge in [0.2, 0.25) is 0 Å². The van der Waals surface area contributed by atoms with Crippen molar-refractivity contribution >= 4 is 11.6 Å². The zero-order valence-corrected chi connectivity index (χ0v) is 14.0. The molecule has 0 amide bonds. The Bertz CT molecular complexity index is 458. The van der Waals surface area contributed by atoms with Crippen molar-refractivity contribution in [2.45, 2.75) is 39.7 Å². The molecule has 1 saturated carbocycles. The van der Waals surface area contributed by atoms with Crippen LogP contribution in [0.5, 0.6) is 11.5 Å². The Hall–Kier alpha value is -0.930. The zero-order valence-electron chi connectivity index (χ0n) is 13.2. The molecule has 0 unspecified atom stereocenters. The van der Waals surface area contributed by atoms with Gasteiger partial charge >= 0.3 is 0 Å². The van der Waals surface area contributed by atoms with Gasteiger partial charge in [0, 0.05) is 23.2 Å². The van der Waals surface area contributed by atoms with E-state index in [1.54, 1.807) is 7.11 Å². The summed E-state index contributed by atoms with van der Waals surface area (Å²) in [5.41, 5.74) is 1.07. The number of ether oxygens (including phenoxy) is 2. The predicted octanol–water partition coefficient (Wildman–Crippen LogP) is 4.27. The molecule has 3 nitrogen and oxygen atoms in total. The molecule has 118 valence electrons. The van der Waals surface area contributed by atoms with E-state index in [2.05, 4.69) is 19.2 Å². The van der Waals surface area contributed by atoms with Gasteiger partial charge in [-0.1, -0.05) is 38.3 Å². The highest BCUT2D eigenvalue weighted by atomic mass is 35.5. The SMILES string of the molecule is COc1cc(Cl)cc(CNCC(C)C)c1OCCC1CC1. The smallest absolute Gasteiger partial charge is 0.165 e. The first kappa shape index (κ1) is 16.4. The second-order valence-electron chi connectivity index (χ2n) is 6.20. The van der Waals surface area contributed by atoms with Crippen molar-refractivity contribution in [1.29, 1.82) is 0 Å². The summed E-state index contributed by atoms with van der Waals surface area (Å²) in [6.45, 7) is 6.85. The van der Waals surface area contributed by atoms with Crippen molar-refractivity contribution in [3.63, 3.8) is 0 Å². The van der Waals surface area contributed by atoms with Crippen LogP contribution in [0.1, 0.15) is 38.7 Å². The highest BCUT2D eigenvalue weighted by Gasteiger charge is 2.21. The van der Waals surface area contributed by atoms with Crippen LogP contribution in [-0.4, -0.2) is 20.3 Å². The maximum Gasteiger partial charge on any atom is 0.165 e. The van der Waals surface area contributed by atoms with E-state index < -0.39 is 0 Å². The van der Waals surface area contributed by atoms with Crippen LogP contribution < -0.4 is 14.8 Å². The topological polar surface area (TPSA) is 30.5 Å². The molecule has 1 aliphatic carbocycles. The van der Waals surface area contributed by atoms with Gasteiger partial charge in [-0.3, -0.25) is 0 Å². The molecule has 1 aliphatic rings. The minimum Gasteiger partial charge on any atom is -0.493 e. The number of rotatable bonds is 9. The first-order valence-electron chi connectivity index (χ1n) is 7.80. The molecule has 0 saturated heterocycles. The number of methoxy groups -OCH3 is 1. The van der Waals surface area contributed by atoms with Gasteiger partial charge in [-0.15, -0.1) is 0 Å². The normalized spacial score (nSPS) is 14.5. The summed E-state index contributed by atoms with van der Waals surface area (Å²) in [5, 5.41) is 4.12. The van der Waals surface area contributed by atoms with Gasteiger partial charge in [-0.05, 0) is 30.9 Å². The van der Waals surface area contributed by atoms with Gasteiger partial charge in [0.25, 0.3) is 0 Å². The van der Waals surface area contributed by atoms with Gasteiger partial charge in [-0.2, -0.15) is 0 Å². The van der Waals surface area contributed by atoms with Crippen molar-refractivity contribution in [2.24, 2.45) is 11.8 Å². The van der Waals surface area contributed by atoms with Crippen LogP contribution in [-0.2, 0) is 6.54 Å². The van der Waals surface area contributed by atoms with E-state index >= 15 is 0 Å². The van der Waals surface area contributed by atoms with Gasteiger partial charge in [0.1, 0.15) is 0 Å². The highest BCUT2D eigenvalue weighted by Crippen LogP contribution is 2.36. The summed E-state index contributed by atoms with van der Waals surface area (Å²) < 4.78 is 11.4. The Balaban J connectivity index is 2.04. The van der Waals surface area contributed by atoms with Crippen molar-refractivity contribution < 1.29 is 9.47 Å². The predicted molar refractivity (Wildman–Crippen MR) is 87.4 cm³/mol. The first-order valence-corrected chi connectivity index (χ1v) is 8.18. The molecule has 2 rings (SSSR count). The lowest BCUT2D eigenvalue weighted by Gasteiger charge is -2.17. The molecule has 1 aromatic carbocycles. The molecule has 0 atom stereocenters. The van der Waals surface area contributed by atoms with Gasteiger partial charge < -0.3 is 14.8 Å². The molecule has 0 spiro atoms. The first-order chi connectivity index (χ1) is 10.1. The van der Waals surface area contributed by atoms with Gasteiger partial charge in [0.15, 0.2) is 11.5 Å². The van der Waals surface area contributed by atoms with E-state index in [0.29, 0.717) is 10.9 Å². The third-order valence-electron chi connectivity index (χ3n) is 3.65. The second kappa shape index (κ2) is 7.90. The van der Waals surface area contributed by atoms with E-state index in [4.69, 9.17) is 21.1 Å². The largest absolute Gasteiger partial charge is 0.493 e. The quantitative estimate of drug-likeness (QED) is 0.738. The number of hydrogen-bond donors (Lipinski definition) is 1. The highest BCUT2D eigenvalue weighted by molar-refractivity contribution is 6.30. The molecule has 1 N–H and O–H groups in total. The number of nitrogens with one attached hydrogen (secondary N) is 1. The maximum absolute atomic E-state index is 6.17. The molecule has 4 heteroatoms.